The minimum atomic E-state index is -1.06. The lowest BCUT2D eigenvalue weighted by atomic mass is 9.97. The van der Waals surface area contributed by atoms with Crippen molar-refractivity contribution in [3.63, 3.8) is 0 Å². The number of hydrogen-bond donors (Lipinski definition) is 2. The van der Waals surface area contributed by atoms with E-state index in [1.807, 2.05) is 18.2 Å². The highest BCUT2D eigenvalue weighted by atomic mass is 32.1. The van der Waals surface area contributed by atoms with Gasteiger partial charge in [-0.25, -0.2) is 9.59 Å². The maximum Gasteiger partial charge on any atom is 0.397 e. The normalized spacial score (nSPS) is 16.7. The van der Waals surface area contributed by atoms with Gasteiger partial charge in [-0.15, -0.1) is 11.3 Å². The Morgan fingerprint density at radius 3 is 2.33 bits per heavy atom. The first-order valence-corrected chi connectivity index (χ1v) is 13.6. The number of hydrogen-bond acceptors (Lipinski definition) is 9. The largest absolute Gasteiger partial charge is 0.496 e. The predicted octanol–water partition coefficient (Wildman–Crippen LogP) is 3.55. The summed E-state index contributed by atoms with van der Waals surface area (Å²) in [7, 11) is 1.61. The average molecular weight is 558 g/mol. The number of methoxy groups -OCH3 is 1. The lowest BCUT2D eigenvalue weighted by Crippen LogP contribution is -2.47. The predicted molar refractivity (Wildman–Crippen MR) is 146 cm³/mol. The molecular formula is C28H35N3O7S. The van der Waals surface area contributed by atoms with Crippen LogP contribution in [0.15, 0.2) is 18.2 Å². The molecule has 39 heavy (non-hydrogen) atoms. The Labute approximate surface area is 232 Å². The number of carbonyl (C=O) groups is 4. The molecular weight excluding hydrogens is 522 g/mol. The van der Waals surface area contributed by atoms with Crippen molar-refractivity contribution in [1.29, 1.82) is 0 Å². The average Bonchev–Trinajstić information content (AvgIpc) is 3.42. The van der Waals surface area contributed by atoms with E-state index in [-0.39, 0.29) is 22.9 Å². The van der Waals surface area contributed by atoms with Crippen LogP contribution in [0.1, 0.15) is 73.5 Å². The van der Waals surface area contributed by atoms with Crippen molar-refractivity contribution in [1.82, 2.24) is 10.2 Å². The molecule has 210 valence electrons. The molecule has 1 unspecified atom stereocenters. The lowest BCUT2D eigenvalue weighted by Gasteiger charge is -2.28. The van der Waals surface area contributed by atoms with Gasteiger partial charge in [0, 0.05) is 23.5 Å². The van der Waals surface area contributed by atoms with Gasteiger partial charge in [0.25, 0.3) is 0 Å². The second kappa shape index (κ2) is 10.6. The first kappa shape index (κ1) is 28.6. The topological polar surface area (TPSA) is 123 Å². The number of anilines is 1. The summed E-state index contributed by atoms with van der Waals surface area (Å²) in [6.07, 6.45) is 0.228. The monoisotopic (exact) mass is 557 g/mol. The van der Waals surface area contributed by atoms with Crippen LogP contribution < -0.4 is 15.4 Å². The molecule has 2 N–H and O–H groups in total. The summed E-state index contributed by atoms with van der Waals surface area (Å²) in [5.74, 6) is -2.03. The van der Waals surface area contributed by atoms with E-state index in [0.29, 0.717) is 25.2 Å². The summed E-state index contributed by atoms with van der Waals surface area (Å²) in [5.41, 5.74) is 1.17. The Hall–Kier alpha value is -3.44. The number of nitrogens with zero attached hydrogens (tertiary/aromatic N) is 1. The van der Waals surface area contributed by atoms with Gasteiger partial charge < -0.3 is 29.7 Å². The summed E-state index contributed by atoms with van der Waals surface area (Å²) in [4.78, 5) is 54.4. The third-order valence-electron chi connectivity index (χ3n) is 6.19. The van der Waals surface area contributed by atoms with E-state index in [4.69, 9.17) is 14.2 Å². The third-order valence-corrected chi connectivity index (χ3v) is 7.34. The van der Waals surface area contributed by atoms with Gasteiger partial charge in [-0.2, -0.15) is 0 Å². The molecule has 0 saturated carbocycles. The van der Waals surface area contributed by atoms with Crippen molar-refractivity contribution in [2.75, 3.05) is 12.4 Å². The minimum absolute atomic E-state index is 0.0976. The van der Waals surface area contributed by atoms with Crippen molar-refractivity contribution in [2.45, 2.75) is 84.8 Å². The fourth-order valence-electron chi connectivity index (χ4n) is 4.61. The number of amides is 2. The van der Waals surface area contributed by atoms with Crippen LogP contribution in [-0.2, 0) is 49.9 Å². The molecule has 2 aliphatic rings. The summed E-state index contributed by atoms with van der Waals surface area (Å²) in [6.45, 7) is 11.4. The Morgan fingerprint density at radius 2 is 1.69 bits per heavy atom. The van der Waals surface area contributed by atoms with Gasteiger partial charge in [-0.3, -0.25) is 9.59 Å². The number of esters is 2. The summed E-state index contributed by atoms with van der Waals surface area (Å²) in [5, 5.41) is 6.01. The maximum absolute atomic E-state index is 13.6. The molecule has 1 atom stereocenters. The quantitative estimate of drug-likeness (QED) is 0.432. The fourth-order valence-corrected chi connectivity index (χ4v) is 5.77. The molecule has 0 radical (unpaired) electrons. The molecule has 0 saturated heterocycles. The van der Waals surface area contributed by atoms with E-state index in [1.165, 1.54) is 11.3 Å². The summed E-state index contributed by atoms with van der Waals surface area (Å²) < 4.78 is 16.3. The van der Waals surface area contributed by atoms with Crippen LogP contribution in [0.25, 0.3) is 0 Å². The van der Waals surface area contributed by atoms with E-state index >= 15 is 0 Å². The molecule has 0 aliphatic carbocycles. The standard InChI is InChI=1S/C28H35N3O7S/c1-27(2,3)37-25(34)21-16-11-18(24(33)31-13-15-9-8-10-19(36-7)17(15)14-31)29-12-20(16)39-23(21)30-22(32)26(35)38-28(4,5)6/h8-10,18,29H,11-14H2,1-7H3,(H,30,32). The number of benzene rings is 1. The van der Waals surface area contributed by atoms with Crippen LogP contribution in [0.3, 0.4) is 0 Å². The molecule has 2 aromatic rings. The Kier molecular flexibility index (Phi) is 7.77. The number of rotatable bonds is 4. The van der Waals surface area contributed by atoms with Gasteiger partial charge in [0.1, 0.15) is 22.0 Å². The SMILES string of the molecule is COc1cccc2c1CN(C(=O)C1Cc3c(sc(NC(=O)C(=O)OC(C)(C)C)c3C(=O)OC(C)(C)C)CN1)C2. The van der Waals surface area contributed by atoms with Crippen LogP contribution in [0.4, 0.5) is 5.00 Å². The number of nitrogens with one attached hydrogen (secondary N) is 2. The van der Waals surface area contributed by atoms with E-state index in [2.05, 4.69) is 10.6 Å². The molecule has 0 fully saturated rings. The second-order valence-electron chi connectivity index (χ2n) is 11.6. The van der Waals surface area contributed by atoms with Crippen molar-refractivity contribution < 1.29 is 33.4 Å². The van der Waals surface area contributed by atoms with Gasteiger partial charge in [0.15, 0.2) is 0 Å². The number of carbonyl (C=O) groups excluding carboxylic acids is 4. The van der Waals surface area contributed by atoms with Crippen molar-refractivity contribution in [2.24, 2.45) is 0 Å². The van der Waals surface area contributed by atoms with Gasteiger partial charge >= 0.3 is 17.8 Å². The van der Waals surface area contributed by atoms with E-state index in [1.54, 1.807) is 53.6 Å². The van der Waals surface area contributed by atoms with Crippen molar-refractivity contribution in [3.8, 4) is 5.75 Å². The first-order valence-electron chi connectivity index (χ1n) is 12.8. The van der Waals surface area contributed by atoms with Gasteiger partial charge in [0.2, 0.25) is 5.91 Å². The van der Waals surface area contributed by atoms with E-state index in [9.17, 15) is 19.2 Å². The van der Waals surface area contributed by atoms with Crippen molar-refractivity contribution >= 4 is 40.1 Å². The molecule has 3 heterocycles. The first-order chi connectivity index (χ1) is 18.2. The molecule has 0 spiro atoms. The Morgan fingerprint density at radius 1 is 1.00 bits per heavy atom. The smallest absolute Gasteiger partial charge is 0.397 e. The van der Waals surface area contributed by atoms with Crippen LogP contribution in [0.5, 0.6) is 5.75 Å². The molecule has 0 bridgehead atoms. The van der Waals surface area contributed by atoms with Crippen molar-refractivity contribution in [3.05, 3.63) is 45.3 Å². The zero-order chi connectivity index (χ0) is 28.7. The Balaban J connectivity index is 1.59. The molecule has 2 aliphatic heterocycles. The zero-order valence-corrected chi connectivity index (χ0v) is 24.2. The van der Waals surface area contributed by atoms with Crippen LogP contribution in [-0.4, -0.2) is 53.0 Å². The summed E-state index contributed by atoms with van der Waals surface area (Å²) in [6, 6.07) is 5.19. The van der Waals surface area contributed by atoms with Gasteiger partial charge in [-0.1, -0.05) is 12.1 Å². The maximum atomic E-state index is 13.6. The molecule has 4 rings (SSSR count). The summed E-state index contributed by atoms with van der Waals surface area (Å²) >= 11 is 1.18. The second-order valence-corrected chi connectivity index (χ2v) is 12.7. The minimum Gasteiger partial charge on any atom is -0.496 e. The van der Waals surface area contributed by atoms with Gasteiger partial charge in [0.05, 0.1) is 25.3 Å². The number of fused-ring (bicyclic) bond motifs is 2. The fraction of sp³-hybridized carbons (Fsp3) is 0.500. The highest BCUT2D eigenvalue weighted by Gasteiger charge is 2.38. The molecule has 10 nitrogen and oxygen atoms in total. The zero-order valence-electron chi connectivity index (χ0n) is 23.4. The molecule has 2 amide bonds. The number of ether oxygens (including phenoxy) is 3. The molecule has 1 aromatic carbocycles. The van der Waals surface area contributed by atoms with Crippen LogP contribution >= 0.6 is 11.3 Å². The third kappa shape index (κ3) is 6.42. The highest BCUT2D eigenvalue weighted by molar-refractivity contribution is 7.17. The molecule has 1 aromatic heterocycles. The number of thiophene rings is 1. The lowest BCUT2D eigenvalue weighted by molar-refractivity contribution is -0.161. The highest BCUT2D eigenvalue weighted by Crippen LogP contribution is 2.39. The Bertz CT molecular complexity index is 1320. The molecule has 11 heteroatoms. The van der Waals surface area contributed by atoms with Gasteiger partial charge in [-0.05, 0) is 65.2 Å². The van der Waals surface area contributed by atoms with Crippen LogP contribution in [0.2, 0.25) is 0 Å². The van der Waals surface area contributed by atoms with E-state index in [0.717, 1.165) is 21.8 Å². The van der Waals surface area contributed by atoms with Crippen LogP contribution in [0, 0.1) is 0 Å². The van der Waals surface area contributed by atoms with E-state index < -0.39 is 35.1 Å².